The van der Waals surface area contributed by atoms with Gasteiger partial charge in [-0.15, -0.1) is 0 Å². The summed E-state index contributed by atoms with van der Waals surface area (Å²) in [6.07, 6.45) is -3.68. The largest absolute Gasteiger partial charge is 0.433 e. The first kappa shape index (κ1) is 15.2. The van der Waals surface area contributed by atoms with Crippen molar-refractivity contribution in [3.63, 3.8) is 0 Å². The Labute approximate surface area is 108 Å². The maximum absolute atomic E-state index is 12.5. The SMILES string of the molecule is COCCCNCc1cc(Cl)nc(C(F)(F)F)c1. The number of hydrogen-bond donors (Lipinski definition) is 1. The van der Waals surface area contributed by atoms with Crippen LogP contribution in [-0.4, -0.2) is 25.2 Å². The van der Waals surface area contributed by atoms with Crippen LogP contribution in [0, 0.1) is 0 Å². The minimum absolute atomic E-state index is 0.154. The molecule has 0 atom stereocenters. The third kappa shape index (κ3) is 5.20. The monoisotopic (exact) mass is 282 g/mol. The standard InChI is InChI=1S/C11H14ClF3N2O/c1-18-4-2-3-16-7-8-5-9(11(13,14)15)17-10(12)6-8/h5-6,16H,2-4,7H2,1H3. The van der Waals surface area contributed by atoms with E-state index in [-0.39, 0.29) is 5.15 Å². The van der Waals surface area contributed by atoms with E-state index >= 15 is 0 Å². The predicted molar refractivity (Wildman–Crippen MR) is 62.4 cm³/mol. The third-order valence-corrected chi connectivity index (χ3v) is 2.37. The van der Waals surface area contributed by atoms with E-state index in [2.05, 4.69) is 10.3 Å². The minimum Gasteiger partial charge on any atom is -0.385 e. The first-order chi connectivity index (χ1) is 8.43. The van der Waals surface area contributed by atoms with Gasteiger partial charge in [-0.2, -0.15) is 13.2 Å². The summed E-state index contributed by atoms with van der Waals surface area (Å²) in [7, 11) is 1.60. The second-order valence-corrected chi connectivity index (χ2v) is 4.09. The van der Waals surface area contributed by atoms with Crippen molar-refractivity contribution in [2.24, 2.45) is 0 Å². The molecule has 18 heavy (non-hydrogen) atoms. The van der Waals surface area contributed by atoms with Gasteiger partial charge in [0, 0.05) is 20.3 Å². The molecule has 102 valence electrons. The maximum atomic E-state index is 12.5. The van der Waals surface area contributed by atoms with Crippen molar-refractivity contribution in [1.29, 1.82) is 0 Å². The van der Waals surface area contributed by atoms with Crippen LogP contribution in [0.4, 0.5) is 13.2 Å². The molecule has 0 radical (unpaired) electrons. The molecule has 0 amide bonds. The van der Waals surface area contributed by atoms with Crippen LogP contribution in [0.25, 0.3) is 0 Å². The smallest absolute Gasteiger partial charge is 0.385 e. The first-order valence-corrected chi connectivity index (χ1v) is 5.74. The van der Waals surface area contributed by atoms with Gasteiger partial charge in [0.25, 0.3) is 0 Å². The van der Waals surface area contributed by atoms with Gasteiger partial charge in [-0.05, 0) is 30.7 Å². The average molecular weight is 283 g/mol. The zero-order valence-corrected chi connectivity index (χ0v) is 10.6. The maximum Gasteiger partial charge on any atom is 0.433 e. The molecule has 0 spiro atoms. The molecule has 3 nitrogen and oxygen atoms in total. The summed E-state index contributed by atoms with van der Waals surface area (Å²) in [5.41, 5.74) is -0.511. The summed E-state index contributed by atoms with van der Waals surface area (Å²) in [6.45, 7) is 1.59. The molecule has 1 aromatic rings. The van der Waals surface area contributed by atoms with Crippen molar-refractivity contribution in [1.82, 2.24) is 10.3 Å². The number of halogens is 4. The molecule has 1 aromatic heterocycles. The second kappa shape index (κ2) is 6.92. The van der Waals surface area contributed by atoms with Crippen molar-refractivity contribution in [2.45, 2.75) is 19.1 Å². The van der Waals surface area contributed by atoms with Gasteiger partial charge in [0.15, 0.2) is 0 Å². The number of methoxy groups -OCH3 is 1. The second-order valence-electron chi connectivity index (χ2n) is 3.70. The lowest BCUT2D eigenvalue weighted by Crippen LogP contribution is -2.17. The fourth-order valence-electron chi connectivity index (χ4n) is 1.37. The van der Waals surface area contributed by atoms with Crippen LogP contribution in [0.15, 0.2) is 12.1 Å². The zero-order valence-electron chi connectivity index (χ0n) is 9.85. The highest BCUT2D eigenvalue weighted by Gasteiger charge is 2.33. The lowest BCUT2D eigenvalue weighted by molar-refractivity contribution is -0.141. The quantitative estimate of drug-likeness (QED) is 0.643. The minimum atomic E-state index is -4.48. The predicted octanol–water partition coefficient (Wildman–Crippen LogP) is 2.88. The topological polar surface area (TPSA) is 34.1 Å². The van der Waals surface area contributed by atoms with Crippen LogP contribution in [0.2, 0.25) is 5.15 Å². The van der Waals surface area contributed by atoms with Crippen LogP contribution in [0.5, 0.6) is 0 Å². The number of alkyl halides is 3. The molecule has 0 aliphatic heterocycles. The van der Waals surface area contributed by atoms with E-state index in [1.807, 2.05) is 0 Å². The fourth-order valence-corrected chi connectivity index (χ4v) is 1.60. The Morgan fingerprint density at radius 1 is 1.39 bits per heavy atom. The Bertz CT molecular complexity index is 385. The van der Waals surface area contributed by atoms with Gasteiger partial charge in [0.05, 0.1) is 0 Å². The molecule has 0 unspecified atom stereocenters. The number of nitrogens with one attached hydrogen (secondary N) is 1. The summed E-state index contributed by atoms with van der Waals surface area (Å²) in [5.74, 6) is 0. The van der Waals surface area contributed by atoms with Gasteiger partial charge >= 0.3 is 6.18 Å². The van der Waals surface area contributed by atoms with E-state index < -0.39 is 11.9 Å². The molecule has 0 aromatic carbocycles. The number of rotatable bonds is 6. The van der Waals surface area contributed by atoms with Gasteiger partial charge in [0.1, 0.15) is 10.8 Å². The molecule has 0 aliphatic carbocycles. The molecule has 0 saturated carbocycles. The molecule has 7 heteroatoms. The van der Waals surface area contributed by atoms with Crippen LogP contribution >= 0.6 is 11.6 Å². The summed E-state index contributed by atoms with van der Waals surface area (Å²) in [6, 6.07) is 2.41. The third-order valence-electron chi connectivity index (χ3n) is 2.18. The van der Waals surface area contributed by atoms with Crippen molar-refractivity contribution in [3.8, 4) is 0 Å². The lowest BCUT2D eigenvalue weighted by atomic mass is 10.2. The Hall–Kier alpha value is -0.850. The fraction of sp³-hybridized carbons (Fsp3) is 0.545. The Kier molecular flexibility index (Phi) is 5.84. The number of aromatic nitrogens is 1. The van der Waals surface area contributed by atoms with Crippen molar-refractivity contribution in [3.05, 3.63) is 28.5 Å². The summed E-state index contributed by atoms with van der Waals surface area (Å²) < 4.78 is 42.3. The number of nitrogens with zero attached hydrogens (tertiary/aromatic N) is 1. The van der Waals surface area contributed by atoms with Crippen LogP contribution in [-0.2, 0) is 17.5 Å². The lowest BCUT2D eigenvalue weighted by Gasteiger charge is -2.09. The molecule has 0 saturated heterocycles. The molecule has 1 rings (SSSR count). The highest BCUT2D eigenvalue weighted by molar-refractivity contribution is 6.29. The summed E-state index contributed by atoms with van der Waals surface area (Å²) in [4.78, 5) is 3.26. The molecular weight excluding hydrogens is 269 g/mol. The Balaban J connectivity index is 2.58. The number of pyridine rings is 1. The normalized spacial score (nSPS) is 11.8. The molecule has 0 aliphatic rings. The zero-order chi connectivity index (χ0) is 13.6. The van der Waals surface area contributed by atoms with Gasteiger partial charge in [0.2, 0.25) is 0 Å². The van der Waals surface area contributed by atoms with Gasteiger partial charge in [-0.25, -0.2) is 4.98 Å². The molecular formula is C11H14ClF3N2O. The number of ether oxygens (including phenoxy) is 1. The molecule has 0 fully saturated rings. The highest BCUT2D eigenvalue weighted by Crippen LogP contribution is 2.29. The van der Waals surface area contributed by atoms with Crippen molar-refractivity contribution < 1.29 is 17.9 Å². The summed E-state index contributed by atoms with van der Waals surface area (Å²) >= 11 is 5.56. The van der Waals surface area contributed by atoms with E-state index in [0.717, 1.165) is 12.5 Å². The molecule has 0 bridgehead atoms. The van der Waals surface area contributed by atoms with E-state index in [9.17, 15) is 13.2 Å². The van der Waals surface area contributed by atoms with Crippen molar-refractivity contribution in [2.75, 3.05) is 20.3 Å². The first-order valence-electron chi connectivity index (χ1n) is 5.37. The van der Waals surface area contributed by atoms with E-state index in [0.29, 0.717) is 25.3 Å². The van der Waals surface area contributed by atoms with Gasteiger partial charge < -0.3 is 10.1 Å². The van der Waals surface area contributed by atoms with Gasteiger partial charge in [-0.1, -0.05) is 11.6 Å². The molecule has 1 heterocycles. The Morgan fingerprint density at radius 2 is 2.11 bits per heavy atom. The van der Waals surface area contributed by atoms with Gasteiger partial charge in [-0.3, -0.25) is 0 Å². The highest BCUT2D eigenvalue weighted by atomic mass is 35.5. The van der Waals surface area contributed by atoms with Crippen molar-refractivity contribution >= 4 is 11.6 Å². The van der Waals surface area contributed by atoms with Crippen LogP contribution in [0.1, 0.15) is 17.7 Å². The Morgan fingerprint density at radius 3 is 2.72 bits per heavy atom. The van der Waals surface area contributed by atoms with E-state index in [1.54, 1.807) is 7.11 Å². The van der Waals surface area contributed by atoms with Crippen LogP contribution in [0.3, 0.4) is 0 Å². The van der Waals surface area contributed by atoms with Crippen LogP contribution < -0.4 is 5.32 Å². The summed E-state index contributed by atoms with van der Waals surface area (Å²) in [5, 5.41) is 2.85. The van der Waals surface area contributed by atoms with E-state index in [4.69, 9.17) is 16.3 Å². The average Bonchev–Trinajstić information content (AvgIpc) is 2.27. The number of hydrogen-bond acceptors (Lipinski definition) is 3. The molecule has 1 N–H and O–H groups in total. The van der Waals surface area contributed by atoms with E-state index in [1.165, 1.54) is 6.07 Å².